The molecule has 2 N–H and O–H groups in total. The van der Waals surface area contributed by atoms with Crippen LogP contribution in [0.1, 0.15) is 52.9 Å². The third kappa shape index (κ3) is 3.21. The molecule has 94 valence electrons. The van der Waals surface area contributed by atoms with E-state index < -0.39 is 0 Å². The van der Waals surface area contributed by atoms with E-state index in [1.54, 1.807) is 0 Å². The first kappa shape index (κ1) is 12.4. The van der Waals surface area contributed by atoms with E-state index in [0.717, 1.165) is 12.5 Å². The molecular formula is C14H28N2. The summed E-state index contributed by atoms with van der Waals surface area (Å²) in [5.41, 5.74) is 7.03. The summed E-state index contributed by atoms with van der Waals surface area (Å²) in [6, 6.07) is 0. The van der Waals surface area contributed by atoms with Gasteiger partial charge in [-0.3, -0.25) is 0 Å². The summed E-state index contributed by atoms with van der Waals surface area (Å²) in [5.74, 6) is 0.795. The third-order valence-corrected chi connectivity index (χ3v) is 4.51. The molecule has 0 amide bonds. The molecule has 2 nitrogen and oxygen atoms in total. The predicted octanol–water partition coefficient (Wildman–Crippen LogP) is 2.63. The Labute approximate surface area is 101 Å². The van der Waals surface area contributed by atoms with Crippen molar-refractivity contribution >= 4 is 0 Å². The Morgan fingerprint density at radius 2 is 1.94 bits per heavy atom. The zero-order valence-corrected chi connectivity index (χ0v) is 11.3. The number of nitrogens with zero attached hydrogens (tertiary/aromatic N) is 1. The maximum absolute atomic E-state index is 6.43. The zero-order chi connectivity index (χ0) is 11.8. The number of likely N-dealkylation sites (tertiary alicyclic amines) is 1. The second-order valence-corrected chi connectivity index (χ2v) is 7.07. The molecule has 0 aromatic carbocycles. The minimum Gasteiger partial charge on any atom is -0.324 e. The Balaban J connectivity index is 1.85. The lowest BCUT2D eigenvalue weighted by Crippen LogP contribution is -2.50. The van der Waals surface area contributed by atoms with E-state index in [1.165, 1.54) is 45.2 Å². The fourth-order valence-electron chi connectivity index (χ4n) is 2.99. The van der Waals surface area contributed by atoms with Crippen LogP contribution in [-0.4, -0.2) is 30.1 Å². The average molecular weight is 224 g/mol. The molecule has 2 heteroatoms. The minimum absolute atomic E-state index is 0.0640. The largest absolute Gasteiger partial charge is 0.324 e. The van der Waals surface area contributed by atoms with Crippen LogP contribution < -0.4 is 5.73 Å². The molecule has 0 radical (unpaired) electrons. The first-order valence-electron chi connectivity index (χ1n) is 6.90. The lowest BCUT2D eigenvalue weighted by atomic mass is 9.85. The quantitative estimate of drug-likeness (QED) is 0.798. The Kier molecular flexibility index (Phi) is 3.33. The van der Waals surface area contributed by atoms with Gasteiger partial charge in [-0.05, 0) is 63.5 Å². The van der Waals surface area contributed by atoms with Gasteiger partial charge in [-0.1, -0.05) is 13.8 Å². The van der Waals surface area contributed by atoms with Gasteiger partial charge in [0, 0.05) is 12.1 Å². The van der Waals surface area contributed by atoms with E-state index >= 15 is 0 Å². The molecular weight excluding hydrogens is 196 g/mol. The molecule has 1 atom stereocenters. The molecule has 0 aromatic rings. The van der Waals surface area contributed by atoms with Gasteiger partial charge in [0.15, 0.2) is 0 Å². The second kappa shape index (κ2) is 4.30. The van der Waals surface area contributed by atoms with Crippen molar-refractivity contribution in [2.45, 2.75) is 58.4 Å². The summed E-state index contributed by atoms with van der Waals surface area (Å²) in [6.45, 7) is 10.7. The van der Waals surface area contributed by atoms with Crippen LogP contribution in [-0.2, 0) is 0 Å². The fourth-order valence-corrected chi connectivity index (χ4v) is 2.99. The van der Waals surface area contributed by atoms with Crippen LogP contribution in [0, 0.1) is 11.3 Å². The molecule has 1 aliphatic carbocycles. The molecule has 1 heterocycles. The number of nitrogens with two attached hydrogens (primary N) is 1. The van der Waals surface area contributed by atoms with Crippen molar-refractivity contribution in [3.8, 4) is 0 Å². The summed E-state index contributed by atoms with van der Waals surface area (Å²) >= 11 is 0. The summed E-state index contributed by atoms with van der Waals surface area (Å²) in [4.78, 5) is 2.60. The first-order valence-corrected chi connectivity index (χ1v) is 6.90. The summed E-state index contributed by atoms with van der Waals surface area (Å²) in [5, 5.41) is 0. The molecule has 2 aliphatic rings. The van der Waals surface area contributed by atoms with Crippen molar-refractivity contribution < 1.29 is 0 Å². The van der Waals surface area contributed by atoms with Crippen molar-refractivity contribution in [1.82, 2.24) is 4.90 Å². The summed E-state index contributed by atoms with van der Waals surface area (Å²) < 4.78 is 0. The monoisotopic (exact) mass is 224 g/mol. The first-order chi connectivity index (χ1) is 7.39. The topological polar surface area (TPSA) is 29.3 Å². The molecule has 0 aromatic heterocycles. The lowest BCUT2D eigenvalue weighted by molar-refractivity contribution is 0.200. The molecule has 1 aliphatic heterocycles. The fraction of sp³-hybridized carbons (Fsp3) is 1.00. The van der Waals surface area contributed by atoms with Crippen LogP contribution in [0.25, 0.3) is 0 Å². The smallest absolute Gasteiger partial charge is 0.0283 e. The van der Waals surface area contributed by atoms with Crippen LogP contribution in [0.2, 0.25) is 0 Å². The maximum atomic E-state index is 6.43. The molecule has 2 fully saturated rings. The second-order valence-electron chi connectivity index (χ2n) is 7.07. The molecule has 0 spiro atoms. The van der Waals surface area contributed by atoms with Crippen molar-refractivity contribution in [2.75, 3.05) is 19.6 Å². The Morgan fingerprint density at radius 3 is 2.56 bits per heavy atom. The summed E-state index contributed by atoms with van der Waals surface area (Å²) in [7, 11) is 0. The third-order valence-electron chi connectivity index (χ3n) is 4.51. The van der Waals surface area contributed by atoms with Gasteiger partial charge in [0.1, 0.15) is 0 Å². The molecule has 2 rings (SSSR count). The average Bonchev–Trinajstić information content (AvgIpc) is 2.94. The van der Waals surface area contributed by atoms with E-state index in [4.69, 9.17) is 5.73 Å². The van der Waals surface area contributed by atoms with Crippen LogP contribution in [0.4, 0.5) is 0 Å². The standard InChI is InChI=1S/C14H28N2/c1-13(2)7-4-9-16(10-8-13)11-14(3,15)12-5-6-12/h12H,4-11,15H2,1-3H3. The van der Waals surface area contributed by atoms with Gasteiger partial charge in [0.25, 0.3) is 0 Å². The molecule has 1 unspecified atom stereocenters. The molecule has 1 saturated carbocycles. The number of hydrogen-bond donors (Lipinski definition) is 1. The Morgan fingerprint density at radius 1 is 1.25 bits per heavy atom. The highest BCUT2D eigenvalue weighted by Crippen LogP contribution is 2.39. The van der Waals surface area contributed by atoms with Gasteiger partial charge < -0.3 is 10.6 Å². The van der Waals surface area contributed by atoms with Gasteiger partial charge in [-0.2, -0.15) is 0 Å². The van der Waals surface area contributed by atoms with E-state index in [1.807, 2.05) is 0 Å². The molecule has 16 heavy (non-hydrogen) atoms. The number of hydrogen-bond acceptors (Lipinski definition) is 2. The maximum Gasteiger partial charge on any atom is 0.0283 e. The van der Waals surface area contributed by atoms with Crippen molar-refractivity contribution in [3.05, 3.63) is 0 Å². The highest BCUT2D eigenvalue weighted by Gasteiger charge is 2.39. The highest BCUT2D eigenvalue weighted by molar-refractivity contribution is 4.97. The Bertz CT molecular complexity index is 241. The predicted molar refractivity (Wildman–Crippen MR) is 69.4 cm³/mol. The SMILES string of the molecule is CC1(C)CCCN(CC(C)(N)C2CC2)CC1. The highest BCUT2D eigenvalue weighted by atomic mass is 15.1. The van der Waals surface area contributed by atoms with Gasteiger partial charge >= 0.3 is 0 Å². The minimum atomic E-state index is 0.0640. The van der Waals surface area contributed by atoms with Crippen molar-refractivity contribution in [2.24, 2.45) is 17.1 Å². The van der Waals surface area contributed by atoms with Gasteiger partial charge in [0.05, 0.1) is 0 Å². The molecule has 0 bridgehead atoms. The van der Waals surface area contributed by atoms with Gasteiger partial charge in [-0.25, -0.2) is 0 Å². The molecule has 1 saturated heterocycles. The van der Waals surface area contributed by atoms with Crippen molar-refractivity contribution in [1.29, 1.82) is 0 Å². The van der Waals surface area contributed by atoms with Gasteiger partial charge in [-0.15, -0.1) is 0 Å². The van der Waals surface area contributed by atoms with Crippen LogP contribution in [0.15, 0.2) is 0 Å². The lowest BCUT2D eigenvalue weighted by Gasteiger charge is -2.32. The van der Waals surface area contributed by atoms with E-state index in [0.29, 0.717) is 5.41 Å². The van der Waals surface area contributed by atoms with E-state index in [2.05, 4.69) is 25.7 Å². The van der Waals surface area contributed by atoms with Gasteiger partial charge in [0.2, 0.25) is 0 Å². The Hall–Kier alpha value is -0.0800. The zero-order valence-electron chi connectivity index (χ0n) is 11.3. The van der Waals surface area contributed by atoms with Crippen LogP contribution in [0.3, 0.4) is 0 Å². The van der Waals surface area contributed by atoms with Crippen LogP contribution in [0.5, 0.6) is 0 Å². The van der Waals surface area contributed by atoms with Crippen molar-refractivity contribution in [3.63, 3.8) is 0 Å². The normalized spacial score (nSPS) is 30.8. The van der Waals surface area contributed by atoms with Crippen LogP contribution >= 0.6 is 0 Å². The number of rotatable bonds is 3. The van der Waals surface area contributed by atoms with E-state index in [9.17, 15) is 0 Å². The summed E-state index contributed by atoms with van der Waals surface area (Å²) in [6.07, 6.45) is 6.74. The van der Waals surface area contributed by atoms with E-state index in [-0.39, 0.29) is 5.54 Å².